The second-order valence-electron chi connectivity index (χ2n) is 6.54. The van der Waals surface area contributed by atoms with Gasteiger partial charge in [-0.3, -0.25) is 0 Å². The predicted molar refractivity (Wildman–Crippen MR) is 73.6 cm³/mol. The molecule has 1 fully saturated rings. The second kappa shape index (κ2) is 6.41. The highest BCUT2D eigenvalue weighted by atomic mass is 16.6. The van der Waals surface area contributed by atoms with Gasteiger partial charge in [-0.15, -0.1) is 0 Å². The zero-order valence-electron chi connectivity index (χ0n) is 12.4. The number of rotatable bonds is 6. The molecule has 0 spiro atoms. The summed E-state index contributed by atoms with van der Waals surface area (Å²) in [6, 6.07) is 0.613. The molecule has 2 N–H and O–H groups in total. The van der Waals surface area contributed by atoms with Crippen molar-refractivity contribution in [3.63, 3.8) is 0 Å². The van der Waals surface area contributed by atoms with Gasteiger partial charge in [-0.1, -0.05) is 12.8 Å². The molecule has 106 valence electrons. The van der Waals surface area contributed by atoms with Gasteiger partial charge in [0.1, 0.15) is 5.60 Å². The number of carbonyl (C=O) groups is 1. The summed E-state index contributed by atoms with van der Waals surface area (Å²) >= 11 is 0. The molecule has 1 rings (SSSR count). The first-order valence-electron chi connectivity index (χ1n) is 6.99. The maximum absolute atomic E-state index is 11.5. The van der Waals surface area contributed by atoms with E-state index in [1.807, 2.05) is 27.7 Å². The molecule has 18 heavy (non-hydrogen) atoms. The first kappa shape index (κ1) is 15.3. The van der Waals surface area contributed by atoms with E-state index in [2.05, 4.69) is 17.6 Å². The van der Waals surface area contributed by atoms with Crippen molar-refractivity contribution in [2.75, 3.05) is 6.54 Å². The SMILES string of the molecule is CC(CC1CC1)NCC(C)NC(=O)OC(C)(C)C. The number of hydrogen-bond acceptors (Lipinski definition) is 3. The summed E-state index contributed by atoms with van der Waals surface area (Å²) in [6.45, 7) is 10.6. The smallest absolute Gasteiger partial charge is 0.407 e. The fourth-order valence-corrected chi connectivity index (χ4v) is 1.87. The Kier molecular flexibility index (Phi) is 5.45. The Hall–Kier alpha value is -0.770. The van der Waals surface area contributed by atoms with Crippen LogP contribution in [-0.2, 0) is 4.74 Å². The maximum atomic E-state index is 11.5. The predicted octanol–water partition coefficient (Wildman–Crippen LogP) is 2.68. The number of hydrogen-bond donors (Lipinski definition) is 2. The van der Waals surface area contributed by atoms with Gasteiger partial charge < -0.3 is 15.4 Å². The Labute approximate surface area is 111 Å². The fraction of sp³-hybridized carbons (Fsp3) is 0.929. The minimum atomic E-state index is -0.434. The molecule has 1 aliphatic carbocycles. The van der Waals surface area contributed by atoms with E-state index in [1.165, 1.54) is 19.3 Å². The molecule has 1 saturated carbocycles. The standard InChI is InChI=1S/C14H28N2O2/c1-10(8-12-6-7-12)15-9-11(2)16-13(17)18-14(3,4)5/h10-12,15H,6-9H2,1-5H3,(H,16,17). The van der Waals surface area contributed by atoms with Crippen molar-refractivity contribution in [1.29, 1.82) is 0 Å². The van der Waals surface area contributed by atoms with Crippen LogP contribution in [-0.4, -0.2) is 30.3 Å². The van der Waals surface area contributed by atoms with E-state index in [9.17, 15) is 4.79 Å². The summed E-state index contributed by atoms with van der Waals surface area (Å²) in [5.41, 5.74) is -0.434. The molecular formula is C14H28N2O2. The zero-order chi connectivity index (χ0) is 13.8. The van der Waals surface area contributed by atoms with Crippen LogP contribution in [0.15, 0.2) is 0 Å². The molecule has 0 saturated heterocycles. The lowest BCUT2D eigenvalue weighted by atomic mass is 10.1. The van der Waals surface area contributed by atoms with E-state index in [0.717, 1.165) is 12.5 Å². The van der Waals surface area contributed by atoms with Crippen molar-refractivity contribution in [2.45, 2.75) is 71.6 Å². The molecular weight excluding hydrogens is 228 g/mol. The summed E-state index contributed by atoms with van der Waals surface area (Å²) in [4.78, 5) is 11.5. The van der Waals surface area contributed by atoms with Crippen LogP contribution in [0, 0.1) is 5.92 Å². The van der Waals surface area contributed by atoms with Crippen molar-refractivity contribution < 1.29 is 9.53 Å². The van der Waals surface area contributed by atoms with Gasteiger partial charge in [-0.25, -0.2) is 4.79 Å². The Balaban J connectivity index is 2.11. The molecule has 0 aromatic carbocycles. The topological polar surface area (TPSA) is 50.4 Å². The van der Waals surface area contributed by atoms with Gasteiger partial charge in [0.15, 0.2) is 0 Å². The largest absolute Gasteiger partial charge is 0.444 e. The first-order valence-corrected chi connectivity index (χ1v) is 6.99. The summed E-state index contributed by atoms with van der Waals surface area (Å²) < 4.78 is 5.21. The lowest BCUT2D eigenvalue weighted by molar-refractivity contribution is 0.0507. The molecule has 2 unspecified atom stereocenters. The molecule has 0 heterocycles. The number of carbonyl (C=O) groups excluding carboxylic acids is 1. The van der Waals surface area contributed by atoms with Crippen molar-refractivity contribution in [3.05, 3.63) is 0 Å². The quantitative estimate of drug-likeness (QED) is 0.768. The number of nitrogens with one attached hydrogen (secondary N) is 2. The second-order valence-corrected chi connectivity index (χ2v) is 6.54. The Morgan fingerprint density at radius 3 is 2.39 bits per heavy atom. The van der Waals surface area contributed by atoms with Crippen LogP contribution in [0.5, 0.6) is 0 Å². The van der Waals surface area contributed by atoms with Gasteiger partial charge in [0.25, 0.3) is 0 Å². The molecule has 1 amide bonds. The van der Waals surface area contributed by atoms with E-state index < -0.39 is 5.60 Å². The molecule has 0 radical (unpaired) electrons. The van der Waals surface area contributed by atoms with E-state index in [1.54, 1.807) is 0 Å². The van der Waals surface area contributed by atoms with Crippen molar-refractivity contribution in [2.24, 2.45) is 5.92 Å². The van der Waals surface area contributed by atoms with Crippen LogP contribution in [0.1, 0.15) is 53.9 Å². The van der Waals surface area contributed by atoms with Crippen molar-refractivity contribution >= 4 is 6.09 Å². The van der Waals surface area contributed by atoms with Crippen LogP contribution < -0.4 is 10.6 Å². The van der Waals surface area contributed by atoms with Crippen LogP contribution in [0.4, 0.5) is 4.79 Å². The molecule has 0 aromatic rings. The van der Waals surface area contributed by atoms with E-state index >= 15 is 0 Å². The molecule has 0 bridgehead atoms. The normalized spacial score (nSPS) is 19.2. The fourth-order valence-electron chi connectivity index (χ4n) is 1.87. The summed E-state index contributed by atoms with van der Waals surface area (Å²) in [7, 11) is 0. The third-order valence-electron chi connectivity index (χ3n) is 2.92. The molecule has 2 atom stereocenters. The summed E-state index contributed by atoms with van der Waals surface area (Å²) in [5, 5.41) is 6.29. The third kappa shape index (κ3) is 7.54. The lowest BCUT2D eigenvalue weighted by Gasteiger charge is -2.23. The number of alkyl carbamates (subject to hydrolysis) is 1. The molecule has 0 aliphatic heterocycles. The van der Waals surface area contributed by atoms with Crippen LogP contribution in [0.3, 0.4) is 0 Å². The zero-order valence-corrected chi connectivity index (χ0v) is 12.4. The van der Waals surface area contributed by atoms with Gasteiger partial charge >= 0.3 is 6.09 Å². The highest BCUT2D eigenvalue weighted by molar-refractivity contribution is 5.68. The number of ether oxygens (including phenoxy) is 1. The van der Waals surface area contributed by atoms with Crippen molar-refractivity contribution in [1.82, 2.24) is 10.6 Å². The Morgan fingerprint density at radius 2 is 1.89 bits per heavy atom. The maximum Gasteiger partial charge on any atom is 0.407 e. The highest BCUT2D eigenvalue weighted by Gasteiger charge is 2.23. The molecule has 0 aromatic heterocycles. The molecule has 4 heteroatoms. The minimum absolute atomic E-state index is 0.0847. The van der Waals surface area contributed by atoms with Gasteiger partial charge in [0.05, 0.1) is 0 Å². The van der Waals surface area contributed by atoms with Gasteiger partial charge in [-0.2, -0.15) is 0 Å². The van der Waals surface area contributed by atoms with Gasteiger partial charge in [-0.05, 0) is 47.0 Å². The lowest BCUT2D eigenvalue weighted by Crippen LogP contribution is -2.44. The van der Waals surface area contributed by atoms with E-state index in [4.69, 9.17) is 4.74 Å². The Morgan fingerprint density at radius 1 is 1.28 bits per heavy atom. The van der Waals surface area contributed by atoms with Crippen LogP contribution >= 0.6 is 0 Å². The van der Waals surface area contributed by atoms with Crippen LogP contribution in [0.2, 0.25) is 0 Å². The van der Waals surface area contributed by atoms with Gasteiger partial charge in [0, 0.05) is 18.6 Å². The van der Waals surface area contributed by atoms with E-state index in [-0.39, 0.29) is 12.1 Å². The van der Waals surface area contributed by atoms with E-state index in [0.29, 0.717) is 6.04 Å². The average Bonchev–Trinajstić information content (AvgIpc) is 2.95. The van der Waals surface area contributed by atoms with Crippen molar-refractivity contribution in [3.8, 4) is 0 Å². The highest BCUT2D eigenvalue weighted by Crippen LogP contribution is 2.33. The summed E-state index contributed by atoms with van der Waals surface area (Å²) in [6.07, 6.45) is 3.68. The first-order chi connectivity index (χ1) is 8.26. The van der Waals surface area contributed by atoms with Gasteiger partial charge in [0.2, 0.25) is 0 Å². The monoisotopic (exact) mass is 256 g/mol. The Bertz CT molecular complexity index is 269. The van der Waals surface area contributed by atoms with Crippen LogP contribution in [0.25, 0.3) is 0 Å². The molecule has 4 nitrogen and oxygen atoms in total. The number of amides is 1. The summed E-state index contributed by atoms with van der Waals surface area (Å²) in [5.74, 6) is 0.932. The third-order valence-corrected chi connectivity index (χ3v) is 2.92. The molecule has 1 aliphatic rings. The minimum Gasteiger partial charge on any atom is -0.444 e. The average molecular weight is 256 g/mol.